The Morgan fingerprint density at radius 3 is 2.85 bits per heavy atom. The molecule has 2 atom stereocenters. The second-order valence-corrected chi connectivity index (χ2v) is 6.52. The number of carbonyl (C=O) groups is 1. The standard InChI is InChI=1S/C17H24N2O/c1-17(11-5-10-15(17)18)16(20)19-14-9-4-7-12-6-2-3-8-13(12)14/h4,7,9,15H,2-3,5-6,8,10-11,18H2,1H3,(H,19,20). The SMILES string of the molecule is CC1(C(=O)Nc2cccc3c2CCCC3)CCCC1N. The van der Waals surface area contributed by atoms with E-state index in [1.807, 2.05) is 13.0 Å². The molecule has 0 bridgehead atoms. The molecule has 3 nitrogen and oxygen atoms in total. The van der Waals surface area contributed by atoms with Gasteiger partial charge in [-0.25, -0.2) is 0 Å². The Morgan fingerprint density at radius 2 is 2.10 bits per heavy atom. The van der Waals surface area contributed by atoms with Gasteiger partial charge in [-0.15, -0.1) is 0 Å². The first-order chi connectivity index (χ1) is 9.61. The molecule has 0 saturated heterocycles. The lowest BCUT2D eigenvalue weighted by Crippen LogP contribution is -2.44. The van der Waals surface area contributed by atoms with Crippen LogP contribution in [0, 0.1) is 5.41 Å². The van der Waals surface area contributed by atoms with Crippen molar-refractivity contribution in [2.45, 2.75) is 57.9 Å². The maximum atomic E-state index is 12.6. The highest BCUT2D eigenvalue weighted by Crippen LogP contribution is 2.38. The maximum Gasteiger partial charge on any atom is 0.231 e. The highest BCUT2D eigenvalue weighted by molar-refractivity contribution is 5.96. The second-order valence-electron chi connectivity index (χ2n) is 6.52. The van der Waals surface area contributed by atoms with Crippen LogP contribution in [0.1, 0.15) is 50.2 Å². The molecular weight excluding hydrogens is 248 g/mol. The minimum Gasteiger partial charge on any atom is -0.327 e. The fourth-order valence-electron chi connectivity index (χ4n) is 3.64. The fraction of sp³-hybridized carbons (Fsp3) is 0.588. The van der Waals surface area contributed by atoms with Crippen molar-refractivity contribution in [3.63, 3.8) is 0 Å². The first kappa shape index (κ1) is 13.6. The third-order valence-corrected chi connectivity index (χ3v) is 5.19. The van der Waals surface area contributed by atoms with E-state index in [1.54, 1.807) is 0 Å². The molecule has 1 saturated carbocycles. The van der Waals surface area contributed by atoms with Gasteiger partial charge in [0.25, 0.3) is 0 Å². The molecule has 0 radical (unpaired) electrons. The highest BCUT2D eigenvalue weighted by Gasteiger charge is 2.43. The Hall–Kier alpha value is -1.35. The van der Waals surface area contributed by atoms with Crippen LogP contribution in [0.15, 0.2) is 18.2 Å². The first-order valence-corrected chi connectivity index (χ1v) is 7.79. The van der Waals surface area contributed by atoms with Crippen molar-refractivity contribution in [2.75, 3.05) is 5.32 Å². The zero-order valence-electron chi connectivity index (χ0n) is 12.2. The second kappa shape index (κ2) is 5.21. The Morgan fingerprint density at radius 1 is 1.30 bits per heavy atom. The van der Waals surface area contributed by atoms with Crippen molar-refractivity contribution >= 4 is 11.6 Å². The summed E-state index contributed by atoms with van der Waals surface area (Å²) >= 11 is 0. The van der Waals surface area contributed by atoms with Crippen molar-refractivity contribution in [2.24, 2.45) is 11.1 Å². The summed E-state index contributed by atoms with van der Waals surface area (Å²) in [4.78, 5) is 12.6. The number of anilines is 1. The summed E-state index contributed by atoms with van der Waals surface area (Å²) in [6.07, 6.45) is 7.60. The fourth-order valence-corrected chi connectivity index (χ4v) is 3.64. The summed E-state index contributed by atoms with van der Waals surface area (Å²) < 4.78 is 0. The van der Waals surface area contributed by atoms with Crippen LogP contribution >= 0.6 is 0 Å². The van der Waals surface area contributed by atoms with E-state index in [0.717, 1.165) is 37.8 Å². The van der Waals surface area contributed by atoms with Crippen molar-refractivity contribution in [1.82, 2.24) is 0 Å². The summed E-state index contributed by atoms with van der Waals surface area (Å²) in [6, 6.07) is 6.26. The molecule has 1 aromatic carbocycles. The molecule has 3 N–H and O–H groups in total. The Kier molecular flexibility index (Phi) is 3.55. The lowest BCUT2D eigenvalue weighted by atomic mass is 9.83. The topological polar surface area (TPSA) is 55.1 Å². The van der Waals surface area contributed by atoms with E-state index in [1.165, 1.54) is 24.0 Å². The summed E-state index contributed by atoms with van der Waals surface area (Å²) in [5.74, 6) is 0.0986. The van der Waals surface area contributed by atoms with Crippen LogP contribution in [0.2, 0.25) is 0 Å². The van der Waals surface area contributed by atoms with Crippen LogP contribution in [0.3, 0.4) is 0 Å². The number of nitrogens with one attached hydrogen (secondary N) is 1. The molecule has 1 fully saturated rings. The number of hydrogen-bond donors (Lipinski definition) is 2. The van der Waals surface area contributed by atoms with Gasteiger partial charge in [-0.1, -0.05) is 18.6 Å². The van der Waals surface area contributed by atoms with Gasteiger partial charge in [-0.2, -0.15) is 0 Å². The van der Waals surface area contributed by atoms with E-state index >= 15 is 0 Å². The quantitative estimate of drug-likeness (QED) is 0.869. The normalized spacial score (nSPS) is 29.0. The Labute approximate surface area is 120 Å². The minimum absolute atomic E-state index is 0.0120. The molecule has 0 spiro atoms. The Balaban J connectivity index is 1.83. The van der Waals surface area contributed by atoms with Gasteiger partial charge in [-0.3, -0.25) is 4.79 Å². The average molecular weight is 272 g/mol. The lowest BCUT2D eigenvalue weighted by Gasteiger charge is -2.29. The number of nitrogens with two attached hydrogens (primary N) is 1. The molecule has 1 amide bonds. The molecule has 0 aliphatic heterocycles. The monoisotopic (exact) mass is 272 g/mol. The number of rotatable bonds is 2. The van der Waals surface area contributed by atoms with E-state index in [0.29, 0.717) is 0 Å². The molecule has 2 aliphatic carbocycles. The zero-order chi connectivity index (χ0) is 14.2. The molecule has 3 rings (SSSR count). The van der Waals surface area contributed by atoms with E-state index in [2.05, 4.69) is 17.4 Å². The molecule has 2 unspecified atom stereocenters. The molecule has 2 aliphatic rings. The average Bonchev–Trinajstić information content (AvgIpc) is 2.80. The van der Waals surface area contributed by atoms with E-state index in [-0.39, 0.29) is 11.9 Å². The Bertz CT molecular complexity index is 526. The predicted molar refractivity (Wildman–Crippen MR) is 81.6 cm³/mol. The third kappa shape index (κ3) is 2.24. The van der Waals surface area contributed by atoms with Gasteiger partial charge in [0.1, 0.15) is 0 Å². The molecule has 20 heavy (non-hydrogen) atoms. The largest absolute Gasteiger partial charge is 0.327 e. The third-order valence-electron chi connectivity index (χ3n) is 5.19. The number of aryl methyl sites for hydroxylation is 1. The molecule has 0 aromatic heterocycles. The number of benzene rings is 1. The molecular formula is C17H24N2O. The molecule has 0 heterocycles. The number of fused-ring (bicyclic) bond motifs is 1. The van der Waals surface area contributed by atoms with E-state index in [4.69, 9.17) is 5.73 Å². The summed E-state index contributed by atoms with van der Waals surface area (Å²) in [6.45, 7) is 2.01. The molecule has 3 heteroatoms. The lowest BCUT2D eigenvalue weighted by molar-refractivity contribution is -0.125. The van der Waals surface area contributed by atoms with Gasteiger partial charge in [0, 0.05) is 11.7 Å². The molecule has 1 aromatic rings. The van der Waals surface area contributed by atoms with Crippen LogP contribution in [-0.2, 0) is 17.6 Å². The van der Waals surface area contributed by atoms with Gasteiger partial charge in [0.2, 0.25) is 5.91 Å². The van der Waals surface area contributed by atoms with E-state index in [9.17, 15) is 4.79 Å². The van der Waals surface area contributed by atoms with Crippen LogP contribution in [0.5, 0.6) is 0 Å². The first-order valence-electron chi connectivity index (χ1n) is 7.79. The smallest absolute Gasteiger partial charge is 0.231 e. The summed E-state index contributed by atoms with van der Waals surface area (Å²) in [5.41, 5.74) is 9.48. The van der Waals surface area contributed by atoms with Crippen molar-refractivity contribution in [1.29, 1.82) is 0 Å². The maximum absolute atomic E-state index is 12.6. The van der Waals surface area contributed by atoms with Crippen molar-refractivity contribution in [3.8, 4) is 0 Å². The highest BCUT2D eigenvalue weighted by atomic mass is 16.2. The van der Waals surface area contributed by atoms with E-state index < -0.39 is 5.41 Å². The number of hydrogen-bond acceptors (Lipinski definition) is 2. The van der Waals surface area contributed by atoms with Gasteiger partial charge >= 0.3 is 0 Å². The van der Waals surface area contributed by atoms with Gasteiger partial charge in [-0.05, 0) is 62.6 Å². The van der Waals surface area contributed by atoms with Crippen molar-refractivity contribution < 1.29 is 4.79 Å². The van der Waals surface area contributed by atoms with Crippen LogP contribution in [0.4, 0.5) is 5.69 Å². The van der Waals surface area contributed by atoms with Crippen LogP contribution in [0.25, 0.3) is 0 Å². The van der Waals surface area contributed by atoms with Gasteiger partial charge < -0.3 is 11.1 Å². The summed E-state index contributed by atoms with van der Waals surface area (Å²) in [7, 11) is 0. The zero-order valence-corrected chi connectivity index (χ0v) is 12.2. The van der Waals surface area contributed by atoms with Crippen molar-refractivity contribution in [3.05, 3.63) is 29.3 Å². The number of carbonyl (C=O) groups excluding carboxylic acids is 1. The summed E-state index contributed by atoms with van der Waals surface area (Å²) in [5, 5.41) is 3.16. The van der Waals surface area contributed by atoms with Gasteiger partial charge in [0.15, 0.2) is 0 Å². The van der Waals surface area contributed by atoms with Gasteiger partial charge in [0.05, 0.1) is 5.41 Å². The minimum atomic E-state index is -0.405. The predicted octanol–water partition coefficient (Wildman–Crippen LogP) is 3.02. The van der Waals surface area contributed by atoms with Crippen LogP contribution < -0.4 is 11.1 Å². The molecule has 108 valence electrons. The van der Waals surface area contributed by atoms with Crippen LogP contribution in [-0.4, -0.2) is 11.9 Å². The number of amides is 1.